The number of rotatable bonds is 5. The van der Waals surface area contributed by atoms with E-state index in [1.165, 1.54) is 6.92 Å². The third kappa shape index (κ3) is 7.54. The molecule has 1 atom stereocenters. The molecule has 0 heterocycles. The largest absolute Gasteiger partial charge is 0.481 e. The molecule has 0 bridgehead atoms. The number of hydrogen-bond acceptors (Lipinski definition) is 3. The van der Waals surface area contributed by atoms with E-state index in [2.05, 4.69) is 0 Å². The number of carbonyl (C=O) groups excluding carboxylic acids is 1. The van der Waals surface area contributed by atoms with Gasteiger partial charge in [0, 0.05) is 6.92 Å². The molecule has 0 aromatic carbocycles. The number of esters is 1. The molecule has 0 spiro atoms. The van der Waals surface area contributed by atoms with Crippen LogP contribution in [-0.2, 0) is 14.3 Å². The van der Waals surface area contributed by atoms with Gasteiger partial charge in [-0.3, -0.25) is 9.59 Å². The molecule has 0 fully saturated rings. The quantitative estimate of drug-likeness (QED) is 0.510. The van der Waals surface area contributed by atoms with Crippen molar-refractivity contribution in [2.24, 2.45) is 0 Å². The van der Waals surface area contributed by atoms with Crippen LogP contribution in [0.2, 0.25) is 0 Å². The van der Waals surface area contributed by atoms with Crippen molar-refractivity contribution in [3.05, 3.63) is 0 Å². The Labute approximate surface area is 85.3 Å². The van der Waals surface area contributed by atoms with Gasteiger partial charge in [-0.15, -0.1) is 0 Å². The van der Waals surface area contributed by atoms with Gasteiger partial charge in [-0.05, 0) is 0 Å². The molecule has 0 aliphatic rings. The molecule has 0 aliphatic heterocycles. The molecule has 0 saturated carbocycles. The maximum atomic E-state index is 10.8. The predicted molar refractivity (Wildman–Crippen MR) is 50.7 cm³/mol. The molecule has 5 nitrogen and oxygen atoms in total. The monoisotopic (exact) mass is 205 g/mol. The van der Waals surface area contributed by atoms with Crippen LogP contribution in [0.15, 0.2) is 0 Å². The molecule has 0 unspecified atom stereocenters. The van der Waals surface area contributed by atoms with Crippen LogP contribution in [0.4, 0.5) is 0 Å². The molecule has 5 heteroatoms. The Bertz CT molecular complexity index is 243. The Morgan fingerprint density at radius 1 is 1.50 bits per heavy atom. The number of quaternary nitrogens is 1. The highest BCUT2D eigenvalue weighted by Gasteiger charge is 2.23. The number of carboxylic acid groups (broad SMARTS) is 1. The van der Waals surface area contributed by atoms with E-state index in [-0.39, 0.29) is 6.54 Å². The van der Waals surface area contributed by atoms with E-state index in [9.17, 15) is 9.59 Å². The Kier molecular flexibility index (Phi) is 3.88. The lowest BCUT2D eigenvalue weighted by Gasteiger charge is -2.28. The third-order valence-corrected chi connectivity index (χ3v) is 1.29. The van der Waals surface area contributed by atoms with Crippen molar-refractivity contribution in [2.45, 2.75) is 19.4 Å². The average Bonchev–Trinajstić information content (AvgIpc) is 1.73. The van der Waals surface area contributed by atoms with Crippen molar-refractivity contribution in [2.75, 3.05) is 27.7 Å². The fourth-order valence-electron chi connectivity index (χ4n) is 1.03. The normalized spacial score (nSPS) is 16.7. The summed E-state index contributed by atoms with van der Waals surface area (Å²) in [6, 6.07) is 0. The summed E-state index contributed by atoms with van der Waals surface area (Å²) in [7, 11) is 5.40. The molecule has 1 N–H and O–H groups in total. The van der Waals surface area contributed by atoms with Crippen LogP contribution in [0.5, 0.6) is 0 Å². The summed E-state index contributed by atoms with van der Waals surface area (Å²) in [4.78, 5) is 21.3. The molecular formula is C9H18NO4+. The van der Waals surface area contributed by atoms with E-state index in [0.717, 1.165) is 0 Å². The Hall–Kier alpha value is -1.10. The van der Waals surface area contributed by atoms with E-state index in [1.807, 2.05) is 0 Å². The zero-order valence-corrected chi connectivity index (χ0v) is 9.03. The summed E-state index contributed by atoms with van der Waals surface area (Å²) in [5.41, 5.74) is 0. The molecule has 14 heavy (non-hydrogen) atoms. The molecule has 0 aliphatic carbocycles. The zero-order valence-electron chi connectivity index (χ0n) is 10.0. The fraction of sp³-hybridized carbons (Fsp3) is 0.778. The van der Waals surface area contributed by atoms with Crippen molar-refractivity contribution in [3.63, 3.8) is 0 Å². The first-order valence-electron chi connectivity index (χ1n) is 4.76. The summed E-state index contributed by atoms with van der Waals surface area (Å²) >= 11 is 0. The van der Waals surface area contributed by atoms with Crippen LogP contribution in [0.25, 0.3) is 0 Å². The van der Waals surface area contributed by atoms with Gasteiger partial charge in [0.1, 0.15) is 6.54 Å². The summed E-state index contributed by atoms with van der Waals surface area (Å²) < 4.78 is 12.9. The van der Waals surface area contributed by atoms with E-state index in [1.54, 1.807) is 21.1 Å². The van der Waals surface area contributed by atoms with Crippen molar-refractivity contribution < 1.29 is 25.3 Å². The van der Waals surface area contributed by atoms with Crippen LogP contribution in [0.1, 0.15) is 14.7 Å². The van der Waals surface area contributed by atoms with Crippen molar-refractivity contribution in [1.82, 2.24) is 0 Å². The highest BCUT2D eigenvalue weighted by Crippen LogP contribution is 2.04. The minimum Gasteiger partial charge on any atom is -0.481 e. The predicted octanol–water partition coefficient (Wildman–Crippen LogP) is 0.0990. The first kappa shape index (κ1) is 11.0. The number of carbonyl (C=O) groups is 2. The molecule has 0 rings (SSSR count). The molecule has 0 aromatic heterocycles. The topological polar surface area (TPSA) is 63.6 Å². The summed E-state index contributed by atoms with van der Waals surface area (Å²) in [5, 5.41) is 8.64. The third-order valence-electron chi connectivity index (χ3n) is 1.29. The standard InChI is InChI=1S/C9H17NO4/c1-7(11)14-8(5-9(12)13)6-10(2,3)4/h8H,5-6H2,1-4H3/p+1/t8-/m1/s1/i8D. The minimum absolute atomic E-state index is 0.124. The Morgan fingerprint density at radius 2 is 2.00 bits per heavy atom. The average molecular weight is 205 g/mol. The molecular weight excluding hydrogens is 186 g/mol. The summed E-state index contributed by atoms with van der Waals surface area (Å²) in [6.07, 6.45) is -2.21. The smallest absolute Gasteiger partial charge is 0.307 e. The highest BCUT2D eigenvalue weighted by atomic mass is 16.5. The first-order valence-corrected chi connectivity index (χ1v) is 4.26. The van der Waals surface area contributed by atoms with Crippen LogP contribution in [-0.4, -0.2) is 55.3 Å². The van der Waals surface area contributed by atoms with Gasteiger partial charge in [-0.25, -0.2) is 0 Å². The lowest BCUT2D eigenvalue weighted by molar-refractivity contribution is -0.873. The lowest BCUT2D eigenvalue weighted by Crippen LogP contribution is -2.43. The second-order valence-electron chi connectivity index (χ2n) is 4.15. The van der Waals surface area contributed by atoms with Crippen LogP contribution >= 0.6 is 0 Å². The second-order valence-corrected chi connectivity index (χ2v) is 4.15. The second kappa shape index (κ2) is 4.95. The maximum absolute atomic E-state index is 10.8. The first-order chi connectivity index (χ1) is 6.54. The van der Waals surface area contributed by atoms with E-state index in [4.69, 9.17) is 11.2 Å². The minimum atomic E-state index is -1.70. The Morgan fingerprint density at radius 3 is 2.29 bits per heavy atom. The number of nitrogens with zero attached hydrogens (tertiary/aromatic N) is 1. The van der Waals surface area contributed by atoms with E-state index >= 15 is 0 Å². The Balaban J connectivity index is 4.69. The van der Waals surface area contributed by atoms with E-state index < -0.39 is 24.4 Å². The van der Waals surface area contributed by atoms with Gasteiger partial charge in [0.2, 0.25) is 0 Å². The lowest BCUT2D eigenvalue weighted by atomic mass is 10.2. The van der Waals surface area contributed by atoms with Gasteiger partial charge in [-0.2, -0.15) is 0 Å². The van der Waals surface area contributed by atoms with Gasteiger partial charge < -0.3 is 14.3 Å². The van der Waals surface area contributed by atoms with Gasteiger partial charge >= 0.3 is 11.9 Å². The molecule has 0 radical (unpaired) electrons. The van der Waals surface area contributed by atoms with Gasteiger partial charge in [0.15, 0.2) is 6.08 Å². The van der Waals surface area contributed by atoms with Gasteiger partial charge in [0.05, 0.1) is 28.9 Å². The van der Waals surface area contributed by atoms with Crippen LogP contribution in [0, 0.1) is 0 Å². The maximum Gasteiger partial charge on any atom is 0.307 e. The fourth-order valence-corrected chi connectivity index (χ4v) is 1.03. The number of likely N-dealkylation sites (N-methyl/N-ethyl adjacent to an activating group) is 1. The van der Waals surface area contributed by atoms with Crippen LogP contribution in [0.3, 0.4) is 0 Å². The number of hydrogen-bond donors (Lipinski definition) is 1. The molecule has 0 saturated heterocycles. The SMILES string of the molecule is [2H][C@@](CC(=O)O)(C[N+](C)(C)C)OC(C)=O. The molecule has 0 aromatic rings. The number of aliphatic carboxylic acids is 1. The molecule has 0 amide bonds. The van der Waals surface area contributed by atoms with Gasteiger partial charge in [-0.1, -0.05) is 0 Å². The zero-order chi connectivity index (χ0) is 12.3. The van der Waals surface area contributed by atoms with Crippen molar-refractivity contribution in [1.29, 1.82) is 0 Å². The van der Waals surface area contributed by atoms with E-state index in [0.29, 0.717) is 4.48 Å². The van der Waals surface area contributed by atoms with Crippen LogP contribution < -0.4 is 0 Å². The number of carboxylic acids is 1. The van der Waals surface area contributed by atoms with Crippen molar-refractivity contribution in [3.8, 4) is 0 Å². The van der Waals surface area contributed by atoms with Gasteiger partial charge in [0.25, 0.3) is 0 Å². The summed E-state index contributed by atoms with van der Waals surface area (Å²) in [6.45, 7) is 1.29. The van der Waals surface area contributed by atoms with Crippen molar-refractivity contribution >= 4 is 11.9 Å². The number of ether oxygens (including phenoxy) is 1. The summed E-state index contributed by atoms with van der Waals surface area (Å²) in [5.74, 6) is -1.79. The molecule has 82 valence electrons. The highest BCUT2D eigenvalue weighted by molar-refractivity contribution is 5.69.